The molecule has 0 unspecified atom stereocenters. The number of carbonyl (C=O) groups excluding carboxylic acids is 1. The fourth-order valence-electron chi connectivity index (χ4n) is 4.38. The molecule has 1 saturated carbocycles. The third-order valence-electron chi connectivity index (χ3n) is 6.29. The summed E-state index contributed by atoms with van der Waals surface area (Å²) in [6.45, 7) is 0.468. The van der Waals surface area contributed by atoms with Gasteiger partial charge in [0.25, 0.3) is 5.56 Å². The first kappa shape index (κ1) is 24.0. The molecule has 2 aromatic rings. The molecule has 1 heterocycles. The van der Waals surface area contributed by atoms with Crippen molar-refractivity contribution in [2.75, 3.05) is 13.7 Å². The molecule has 1 atom stereocenters. The number of pyridine rings is 1. The zero-order chi connectivity index (χ0) is 23.3. The number of carbonyl (C=O) groups is 2. The number of ether oxygens (including phenoxy) is 1. The van der Waals surface area contributed by atoms with E-state index in [0.717, 1.165) is 31.2 Å². The molecule has 0 radical (unpaired) electrons. The van der Waals surface area contributed by atoms with E-state index in [9.17, 15) is 19.5 Å². The highest BCUT2D eigenvalue weighted by atomic mass is 35.5. The molecule has 1 aliphatic carbocycles. The predicted octanol–water partition coefficient (Wildman–Crippen LogP) is 3.41. The van der Waals surface area contributed by atoms with Gasteiger partial charge in [-0.25, -0.2) is 4.79 Å². The summed E-state index contributed by atoms with van der Waals surface area (Å²) in [6, 6.07) is 7.65. The highest BCUT2D eigenvalue weighted by molar-refractivity contribution is 6.30. The van der Waals surface area contributed by atoms with Gasteiger partial charge in [0, 0.05) is 38.9 Å². The molecule has 1 aromatic carbocycles. The van der Waals surface area contributed by atoms with Gasteiger partial charge >= 0.3 is 5.97 Å². The molecule has 3 rings (SSSR count). The average Bonchev–Trinajstić information content (AvgIpc) is 3.25. The van der Waals surface area contributed by atoms with Crippen LogP contribution >= 0.6 is 11.6 Å². The highest BCUT2D eigenvalue weighted by Gasteiger charge is 2.42. The molecular weight excluding hydrogens is 432 g/mol. The van der Waals surface area contributed by atoms with Crippen LogP contribution in [0.1, 0.15) is 37.7 Å². The maximum atomic E-state index is 13.0. The van der Waals surface area contributed by atoms with Crippen LogP contribution in [0.15, 0.2) is 41.3 Å². The summed E-state index contributed by atoms with van der Waals surface area (Å²) in [7, 11) is 3.24. The number of nitrogens with zero attached hydrogens (tertiary/aromatic N) is 1. The Morgan fingerprint density at radius 3 is 2.50 bits per heavy atom. The number of methoxy groups -OCH3 is 1. The number of aryl methyl sites for hydroxylation is 1. The number of aromatic nitrogens is 1. The van der Waals surface area contributed by atoms with Crippen LogP contribution in [-0.2, 0) is 27.8 Å². The second-order valence-electron chi connectivity index (χ2n) is 8.48. The number of hydrogen-bond acceptors (Lipinski definition) is 4. The van der Waals surface area contributed by atoms with Crippen molar-refractivity contribution in [1.82, 2.24) is 9.88 Å². The Kier molecular flexibility index (Phi) is 7.74. The Hall–Kier alpha value is -2.64. The van der Waals surface area contributed by atoms with Crippen molar-refractivity contribution in [2.24, 2.45) is 12.5 Å². The van der Waals surface area contributed by atoms with Crippen LogP contribution in [0, 0.1) is 5.41 Å². The van der Waals surface area contributed by atoms with E-state index in [1.165, 1.54) is 4.57 Å². The Labute approximate surface area is 192 Å². The van der Waals surface area contributed by atoms with E-state index in [1.807, 2.05) is 0 Å². The van der Waals surface area contributed by atoms with Crippen molar-refractivity contribution in [3.05, 3.63) is 57.5 Å². The van der Waals surface area contributed by atoms with Crippen molar-refractivity contribution in [3.63, 3.8) is 0 Å². The van der Waals surface area contributed by atoms with Crippen LogP contribution in [-0.4, -0.2) is 41.3 Å². The molecule has 172 valence electrons. The summed E-state index contributed by atoms with van der Waals surface area (Å²) >= 11 is 6.08. The number of nitrogens with one attached hydrogen (secondary N) is 1. The van der Waals surface area contributed by atoms with Crippen molar-refractivity contribution in [3.8, 4) is 11.1 Å². The molecular formula is C24H29ClN2O5. The van der Waals surface area contributed by atoms with E-state index >= 15 is 0 Å². The Morgan fingerprint density at radius 2 is 1.91 bits per heavy atom. The van der Waals surface area contributed by atoms with Gasteiger partial charge in [-0.1, -0.05) is 48.7 Å². The molecule has 7 nitrogen and oxygen atoms in total. The first-order chi connectivity index (χ1) is 15.3. The topological polar surface area (TPSA) is 97.6 Å². The van der Waals surface area contributed by atoms with Gasteiger partial charge in [-0.3, -0.25) is 9.59 Å². The predicted molar refractivity (Wildman–Crippen MR) is 123 cm³/mol. The second kappa shape index (κ2) is 10.3. The lowest BCUT2D eigenvalue weighted by molar-refractivity contribution is -0.144. The quantitative estimate of drug-likeness (QED) is 0.597. The molecule has 8 heteroatoms. The lowest BCUT2D eigenvalue weighted by Crippen LogP contribution is -2.49. The maximum Gasteiger partial charge on any atom is 0.326 e. The van der Waals surface area contributed by atoms with Crippen LogP contribution in [0.2, 0.25) is 5.02 Å². The van der Waals surface area contributed by atoms with Crippen LogP contribution in [0.3, 0.4) is 0 Å². The first-order valence-electron chi connectivity index (χ1n) is 10.7. The summed E-state index contributed by atoms with van der Waals surface area (Å²) in [5.41, 5.74) is 1.18. The van der Waals surface area contributed by atoms with E-state index in [1.54, 1.807) is 50.7 Å². The maximum absolute atomic E-state index is 13.0. The van der Waals surface area contributed by atoms with Gasteiger partial charge < -0.3 is 19.7 Å². The Morgan fingerprint density at radius 1 is 1.25 bits per heavy atom. The Balaban J connectivity index is 1.75. The van der Waals surface area contributed by atoms with Gasteiger partial charge in [0.2, 0.25) is 5.91 Å². The number of aliphatic carboxylic acids is 1. The molecule has 2 N–H and O–H groups in total. The van der Waals surface area contributed by atoms with Gasteiger partial charge in [-0.05, 0) is 36.5 Å². The van der Waals surface area contributed by atoms with E-state index in [2.05, 4.69) is 5.32 Å². The fourth-order valence-corrected chi connectivity index (χ4v) is 4.64. The SMILES string of the molecule is COCCC1(C(=O)N[C@@H](Cc2ccc(-c3cc(Cl)cn(C)c3=O)cc2)C(=O)O)CCCC1. The van der Waals surface area contributed by atoms with Crippen molar-refractivity contribution in [1.29, 1.82) is 0 Å². The summed E-state index contributed by atoms with van der Waals surface area (Å²) in [4.78, 5) is 37.3. The molecule has 32 heavy (non-hydrogen) atoms. The number of rotatable bonds is 9. The summed E-state index contributed by atoms with van der Waals surface area (Å²) in [5.74, 6) is -1.29. The minimum Gasteiger partial charge on any atom is -0.480 e. The lowest BCUT2D eigenvalue weighted by atomic mass is 9.81. The minimum atomic E-state index is -1.08. The molecule has 0 spiro atoms. The Bertz CT molecular complexity index is 1030. The summed E-state index contributed by atoms with van der Waals surface area (Å²) in [6.07, 6.45) is 5.69. The number of hydrogen-bond donors (Lipinski definition) is 2. The van der Waals surface area contributed by atoms with Crippen molar-refractivity contribution in [2.45, 2.75) is 44.6 Å². The summed E-state index contributed by atoms with van der Waals surface area (Å²) in [5, 5.41) is 12.9. The van der Waals surface area contributed by atoms with E-state index < -0.39 is 17.4 Å². The van der Waals surface area contributed by atoms with E-state index in [-0.39, 0.29) is 17.9 Å². The number of halogens is 1. The van der Waals surface area contributed by atoms with Gasteiger partial charge in [0.1, 0.15) is 6.04 Å². The third-order valence-corrected chi connectivity index (χ3v) is 6.49. The van der Waals surface area contributed by atoms with Gasteiger partial charge in [-0.2, -0.15) is 0 Å². The molecule has 0 saturated heterocycles. The normalized spacial score (nSPS) is 16.0. The van der Waals surface area contributed by atoms with Crippen molar-refractivity contribution < 1.29 is 19.4 Å². The van der Waals surface area contributed by atoms with Crippen LogP contribution < -0.4 is 10.9 Å². The highest BCUT2D eigenvalue weighted by Crippen LogP contribution is 2.41. The second-order valence-corrected chi connectivity index (χ2v) is 8.92. The van der Waals surface area contributed by atoms with Crippen LogP contribution in [0.25, 0.3) is 11.1 Å². The molecule has 1 fully saturated rings. The first-order valence-corrected chi connectivity index (χ1v) is 11.1. The third kappa shape index (κ3) is 5.40. The van der Waals surface area contributed by atoms with Crippen LogP contribution in [0.4, 0.5) is 0 Å². The number of benzene rings is 1. The largest absolute Gasteiger partial charge is 0.480 e. The van der Waals surface area contributed by atoms with Gasteiger partial charge in [-0.15, -0.1) is 0 Å². The van der Waals surface area contributed by atoms with Crippen molar-refractivity contribution >= 4 is 23.5 Å². The number of carboxylic acids is 1. The molecule has 0 bridgehead atoms. The van der Waals surface area contributed by atoms with Gasteiger partial charge in [0.05, 0.1) is 10.4 Å². The zero-order valence-electron chi connectivity index (χ0n) is 18.4. The monoisotopic (exact) mass is 460 g/mol. The van der Waals surface area contributed by atoms with E-state index in [4.69, 9.17) is 16.3 Å². The minimum absolute atomic E-state index is 0.148. The average molecular weight is 461 g/mol. The number of amides is 1. The molecule has 0 aliphatic heterocycles. The van der Waals surface area contributed by atoms with Gasteiger partial charge in [0.15, 0.2) is 0 Å². The summed E-state index contributed by atoms with van der Waals surface area (Å²) < 4.78 is 6.59. The van der Waals surface area contributed by atoms with E-state index in [0.29, 0.717) is 29.2 Å². The molecule has 1 amide bonds. The smallest absolute Gasteiger partial charge is 0.326 e. The lowest BCUT2D eigenvalue weighted by Gasteiger charge is -2.29. The standard InChI is InChI=1S/C24H29ClN2O5/c1-27-15-18(25)14-19(21(27)28)17-7-5-16(6-8-17)13-20(22(29)30)26-23(31)24(11-12-32-2)9-3-4-10-24/h5-8,14-15,20H,3-4,9-13H2,1-2H3,(H,26,31)(H,29,30)/t20-/m0/s1. The fraction of sp³-hybridized carbons (Fsp3) is 0.458. The molecule has 1 aliphatic rings. The number of carboxylic acid groups (broad SMARTS) is 1. The molecule has 1 aromatic heterocycles. The zero-order valence-corrected chi connectivity index (χ0v) is 19.2. The van der Waals surface area contributed by atoms with Crippen LogP contribution in [0.5, 0.6) is 0 Å².